The monoisotopic (exact) mass is 453 g/mol. The molecule has 2 N–H and O–H groups in total. The molecule has 0 bridgehead atoms. The van der Waals surface area contributed by atoms with Gasteiger partial charge < -0.3 is 4.74 Å². The molecule has 2 aromatic rings. The Labute approximate surface area is 178 Å². The Hall–Kier alpha value is -2.14. The summed E-state index contributed by atoms with van der Waals surface area (Å²) in [7, 11) is -6.56. The van der Waals surface area contributed by atoms with Crippen LogP contribution < -0.4 is 9.44 Å². The molecule has 1 saturated heterocycles. The Balaban J connectivity index is 1.53. The van der Waals surface area contributed by atoms with Crippen molar-refractivity contribution in [2.45, 2.75) is 12.5 Å². The van der Waals surface area contributed by atoms with Crippen molar-refractivity contribution in [3.05, 3.63) is 59.7 Å². The predicted octanol–water partition coefficient (Wildman–Crippen LogP) is 2.05. The molecule has 0 amide bonds. The first-order valence-corrected chi connectivity index (χ1v) is 13.3. The highest BCUT2D eigenvalue weighted by atomic mass is 32.2. The molecule has 8 nitrogen and oxygen atoms in total. The minimum absolute atomic E-state index is 0.0626. The third-order valence-corrected chi connectivity index (χ3v) is 5.92. The van der Waals surface area contributed by atoms with Crippen molar-refractivity contribution in [2.75, 3.05) is 48.2 Å². The third kappa shape index (κ3) is 7.28. The molecule has 1 aliphatic heterocycles. The van der Waals surface area contributed by atoms with Crippen LogP contribution in [0.4, 0.5) is 11.4 Å². The molecule has 3 rings (SSSR count). The maximum Gasteiger partial charge on any atom is 0.229 e. The van der Waals surface area contributed by atoms with Crippen LogP contribution in [0.3, 0.4) is 0 Å². The molecule has 1 heterocycles. The Morgan fingerprint density at radius 3 is 1.97 bits per heavy atom. The van der Waals surface area contributed by atoms with Gasteiger partial charge in [-0.05, 0) is 41.8 Å². The van der Waals surface area contributed by atoms with E-state index in [0.29, 0.717) is 18.0 Å². The van der Waals surface area contributed by atoms with Gasteiger partial charge in [-0.3, -0.25) is 14.3 Å². The summed E-state index contributed by atoms with van der Waals surface area (Å²) in [6.45, 7) is 3.10. The van der Waals surface area contributed by atoms with Crippen molar-refractivity contribution in [2.24, 2.45) is 0 Å². The van der Waals surface area contributed by atoms with E-state index >= 15 is 0 Å². The number of hydrogen-bond acceptors (Lipinski definition) is 6. The summed E-state index contributed by atoms with van der Waals surface area (Å²) in [6, 6.07) is 14.6. The van der Waals surface area contributed by atoms with E-state index in [2.05, 4.69) is 14.3 Å². The molecule has 1 fully saturated rings. The second kappa shape index (κ2) is 9.34. The minimum Gasteiger partial charge on any atom is -0.371 e. The molecule has 0 spiro atoms. The summed E-state index contributed by atoms with van der Waals surface area (Å²) in [5, 5.41) is 0. The van der Waals surface area contributed by atoms with Crippen molar-refractivity contribution in [1.29, 1.82) is 0 Å². The van der Waals surface area contributed by atoms with E-state index in [-0.39, 0.29) is 6.10 Å². The normalized spacial score (nSPS) is 18.1. The Morgan fingerprint density at radius 2 is 1.43 bits per heavy atom. The standard InChI is InChI=1S/C20H27N3O5S2/c1-29(24,25)21-18-7-3-16(4-8-18)11-12-23-13-14-28-20(15-23)17-5-9-19(10-6-17)22-30(2,26)27/h3-10,20-22H,11-15H2,1-2H3. The highest BCUT2D eigenvalue weighted by Crippen LogP contribution is 2.24. The maximum absolute atomic E-state index is 11.3. The average molecular weight is 454 g/mol. The summed E-state index contributed by atoms with van der Waals surface area (Å²) in [6.07, 6.45) is 3.04. The van der Waals surface area contributed by atoms with Gasteiger partial charge in [-0.1, -0.05) is 24.3 Å². The highest BCUT2D eigenvalue weighted by Gasteiger charge is 2.21. The van der Waals surface area contributed by atoms with Crippen LogP contribution in [0.15, 0.2) is 48.5 Å². The van der Waals surface area contributed by atoms with E-state index in [0.717, 1.165) is 49.7 Å². The number of sulfonamides is 2. The first-order valence-electron chi connectivity index (χ1n) is 9.56. The lowest BCUT2D eigenvalue weighted by atomic mass is 10.1. The van der Waals surface area contributed by atoms with Gasteiger partial charge in [0.05, 0.1) is 25.2 Å². The number of benzene rings is 2. The summed E-state index contributed by atoms with van der Waals surface area (Å²) >= 11 is 0. The van der Waals surface area contributed by atoms with Gasteiger partial charge in [-0.15, -0.1) is 0 Å². The number of ether oxygens (including phenoxy) is 1. The zero-order valence-corrected chi connectivity index (χ0v) is 18.7. The van der Waals surface area contributed by atoms with Crippen molar-refractivity contribution in [3.63, 3.8) is 0 Å². The van der Waals surface area contributed by atoms with E-state index in [4.69, 9.17) is 4.74 Å². The molecular weight excluding hydrogens is 426 g/mol. The van der Waals surface area contributed by atoms with Gasteiger partial charge in [0.2, 0.25) is 20.0 Å². The fraction of sp³-hybridized carbons (Fsp3) is 0.400. The number of rotatable bonds is 8. The summed E-state index contributed by atoms with van der Waals surface area (Å²) in [5.41, 5.74) is 3.23. The Morgan fingerprint density at radius 1 is 0.900 bits per heavy atom. The second-order valence-electron chi connectivity index (χ2n) is 7.48. The first-order chi connectivity index (χ1) is 14.1. The predicted molar refractivity (Wildman–Crippen MR) is 119 cm³/mol. The van der Waals surface area contributed by atoms with E-state index in [1.54, 1.807) is 24.3 Å². The number of morpholine rings is 1. The number of anilines is 2. The van der Waals surface area contributed by atoms with Crippen LogP contribution in [0.2, 0.25) is 0 Å². The smallest absolute Gasteiger partial charge is 0.229 e. The quantitative estimate of drug-likeness (QED) is 0.634. The second-order valence-corrected chi connectivity index (χ2v) is 11.0. The lowest BCUT2D eigenvalue weighted by molar-refractivity contribution is -0.0295. The van der Waals surface area contributed by atoms with Gasteiger partial charge in [-0.25, -0.2) is 16.8 Å². The van der Waals surface area contributed by atoms with E-state index in [1.807, 2.05) is 24.3 Å². The van der Waals surface area contributed by atoms with Crippen molar-refractivity contribution < 1.29 is 21.6 Å². The van der Waals surface area contributed by atoms with Crippen LogP contribution in [0.5, 0.6) is 0 Å². The largest absolute Gasteiger partial charge is 0.371 e. The fourth-order valence-electron chi connectivity index (χ4n) is 3.33. The number of hydrogen-bond donors (Lipinski definition) is 2. The summed E-state index contributed by atoms with van der Waals surface area (Å²) in [4.78, 5) is 2.33. The first kappa shape index (κ1) is 22.5. The average Bonchev–Trinajstić information content (AvgIpc) is 2.66. The molecule has 0 aromatic heterocycles. The molecule has 1 aliphatic rings. The third-order valence-electron chi connectivity index (χ3n) is 4.71. The zero-order valence-electron chi connectivity index (χ0n) is 17.0. The minimum atomic E-state index is -3.29. The van der Waals surface area contributed by atoms with Crippen molar-refractivity contribution in [1.82, 2.24) is 4.90 Å². The Bertz CT molecular complexity index is 1050. The lowest BCUT2D eigenvalue weighted by Crippen LogP contribution is -2.39. The fourth-order valence-corrected chi connectivity index (χ4v) is 4.46. The number of nitrogens with one attached hydrogen (secondary N) is 2. The highest BCUT2D eigenvalue weighted by molar-refractivity contribution is 7.92. The van der Waals surface area contributed by atoms with Crippen molar-refractivity contribution >= 4 is 31.4 Å². The van der Waals surface area contributed by atoms with Gasteiger partial charge in [0.1, 0.15) is 0 Å². The molecular formula is C20H27N3O5S2. The van der Waals surface area contributed by atoms with Crippen LogP contribution in [0, 0.1) is 0 Å². The lowest BCUT2D eigenvalue weighted by Gasteiger charge is -2.33. The van der Waals surface area contributed by atoms with Gasteiger partial charge in [-0.2, -0.15) is 0 Å². The van der Waals surface area contributed by atoms with Gasteiger partial charge in [0, 0.05) is 31.0 Å². The van der Waals surface area contributed by atoms with Crippen LogP contribution in [0.25, 0.3) is 0 Å². The molecule has 0 radical (unpaired) electrons. The molecule has 164 valence electrons. The van der Waals surface area contributed by atoms with E-state index in [1.165, 1.54) is 0 Å². The molecule has 1 atom stereocenters. The van der Waals surface area contributed by atoms with Crippen LogP contribution >= 0.6 is 0 Å². The van der Waals surface area contributed by atoms with E-state index in [9.17, 15) is 16.8 Å². The molecule has 2 aromatic carbocycles. The summed E-state index contributed by atoms with van der Waals surface area (Å²) in [5.74, 6) is 0. The van der Waals surface area contributed by atoms with Crippen LogP contribution in [0.1, 0.15) is 17.2 Å². The molecule has 0 saturated carbocycles. The van der Waals surface area contributed by atoms with Crippen molar-refractivity contribution in [3.8, 4) is 0 Å². The van der Waals surface area contributed by atoms with Gasteiger partial charge in [0.25, 0.3) is 0 Å². The molecule has 30 heavy (non-hydrogen) atoms. The number of nitrogens with zero attached hydrogens (tertiary/aromatic N) is 1. The molecule has 10 heteroatoms. The van der Waals surface area contributed by atoms with E-state index < -0.39 is 20.0 Å². The molecule has 1 unspecified atom stereocenters. The molecule has 0 aliphatic carbocycles. The zero-order chi connectivity index (χ0) is 21.8. The van der Waals surface area contributed by atoms with Gasteiger partial charge >= 0.3 is 0 Å². The maximum atomic E-state index is 11.3. The SMILES string of the molecule is CS(=O)(=O)Nc1ccc(CCN2CCOC(c3ccc(NS(C)(=O)=O)cc3)C2)cc1. The Kier molecular flexibility index (Phi) is 7.02. The van der Waals surface area contributed by atoms with Crippen LogP contribution in [-0.2, 0) is 31.2 Å². The van der Waals surface area contributed by atoms with Gasteiger partial charge in [0.15, 0.2) is 0 Å². The summed E-state index contributed by atoms with van der Waals surface area (Å²) < 4.78 is 56.0. The topological polar surface area (TPSA) is 105 Å². The van der Waals surface area contributed by atoms with Crippen LogP contribution in [-0.4, -0.2) is 60.5 Å².